The first-order valence-corrected chi connectivity index (χ1v) is 8.28. The summed E-state index contributed by atoms with van der Waals surface area (Å²) < 4.78 is 11.3. The van der Waals surface area contributed by atoms with Crippen LogP contribution < -0.4 is 14.8 Å². The van der Waals surface area contributed by atoms with Gasteiger partial charge in [0.25, 0.3) is 0 Å². The Morgan fingerprint density at radius 2 is 1.87 bits per heavy atom. The van der Waals surface area contributed by atoms with Gasteiger partial charge in [0.1, 0.15) is 6.61 Å². The van der Waals surface area contributed by atoms with Crippen LogP contribution in [0.3, 0.4) is 0 Å². The van der Waals surface area contributed by atoms with Crippen molar-refractivity contribution in [2.45, 2.75) is 39.5 Å². The van der Waals surface area contributed by atoms with Crippen LogP contribution in [-0.4, -0.2) is 13.2 Å². The first kappa shape index (κ1) is 17.6. The lowest BCUT2D eigenvalue weighted by atomic mass is 10.1. The van der Waals surface area contributed by atoms with E-state index in [0.29, 0.717) is 29.2 Å². The van der Waals surface area contributed by atoms with Crippen LogP contribution in [0.5, 0.6) is 11.5 Å². The lowest BCUT2D eigenvalue weighted by Crippen LogP contribution is -2.24. The number of ether oxygens (including phenoxy) is 2. The standard InChI is InChI=1S/C19H24ClNO2/c1-4-14(2)21-12-16-10-17(20)19(18(11-16)22-3)23-13-15-8-6-5-7-9-15/h5-11,14,21H,4,12-13H2,1-3H3. The molecule has 2 aromatic carbocycles. The Kier molecular flexibility index (Phi) is 6.75. The maximum absolute atomic E-state index is 6.40. The number of nitrogens with one attached hydrogen (secondary N) is 1. The van der Waals surface area contributed by atoms with Gasteiger partial charge in [-0.3, -0.25) is 0 Å². The number of halogens is 1. The van der Waals surface area contributed by atoms with Gasteiger partial charge in [0.2, 0.25) is 0 Å². The molecule has 23 heavy (non-hydrogen) atoms. The van der Waals surface area contributed by atoms with E-state index in [1.807, 2.05) is 42.5 Å². The molecule has 0 heterocycles. The van der Waals surface area contributed by atoms with Gasteiger partial charge < -0.3 is 14.8 Å². The van der Waals surface area contributed by atoms with Crippen LogP contribution in [-0.2, 0) is 13.2 Å². The Balaban J connectivity index is 2.10. The minimum absolute atomic E-state index is 0.460. The molecule has 0 spiro atoms. The fourth-order valence-electron chi connectivity index (χ4n) is 2.18. The highest BCUT2D eigenvalue weighted by Crippen LogP contribution is 2.37. The van der Waals surface area contributed by atoms with Crippen molar-refractivity contribution in [2.75, 3.05) is 7.11 Å². The monoisotopic (exact) mass is 333 g/mol. The zero-order valence-corrected chi connectivity index (χ0v) is 14.7. The van der Waals surface area contributed by atoms with E-state index >= 15 is 0 Å². The van der Waals surface area contributed by atoms with E-state index in [9.17, 15) is 0 Å². The summed E-state index contributed by atoms with van der Waals surface area (Å²) in [6, 6.07) is 14.4. The van der Waals surface area contributed by atoms with Crippen molar-refractivity contribution in [3.8, 4) is 11.5 Å². The maximum Gasteiger partial charge on any atom is 0.180 e. The first-order chi connectivity index (χ1) is 11.1. The normalized spacial score (nSPS) is 12.0. The van der Waals surface area contributed by atoms with Gasteiger partial charge in [0.15, 0.2) is 11.5 Å². The van der Waals surface area contributed by atoms with Gasteiger partial charge >= 0.3 is 0 Å². The zero-order chi connectivity index (χ0) is 16.7. The molecule has 0 aliphatic rings. The molecule has 1 atom stereocenters. The molecule has 1 unspecified atom stereocenters. The fourth-order valence-corrected chi connectivity index (χ4v) is 2.47. The molecule has 0 saturated carbocycles. The molecule has 2 rings (SSSR count). The highest BCUT2D eigenvalue weighted by atomic mass is 35.5. The Bertz CT molecular complexity index is 616. The summed E-state index contributed by atoms with van der Waals surface area (Å²) in [4.78, 5) is 0. The Morgan fingerprint density at radius 1 is 1.13 bits per heavy atom. The summed E-state index contributed by atoms with van der Waals surface area (Å²) in [6.45, 7) is 5.54. The van der Waals surface area contributed by atoms with Gasteiger partial charge in [0.05, 0.1) is 12.1 Å². The van der Waals surface area contributed by atoms with Gasteiger partial charge in [-0.2, -0.15) is 0 Å². The second-order valence-electron chi connectivity index (χ2n) is 5.57. The Morgan fingerprint density at radius 3 is 2.52 bits per heavy atom. The van der Waals surface area contributed by atoms with Crippen LogP contribution in [0.25, 0.3) is 0 Å². The predicted octanol–water partition coefficient (Wildman–Crippen LogP) is 4.82. The smallest absolute Gasteiger partial charge is 0.180 e. The second-order valence-corrected chi connectivity index (χ2v) is 5.98. The molecular weight excluding hydrogens is 310 g/mol. The highest BCUT2D eigenvalue weighted by molar-refractivity contribution is 6.32. The molecule has 0 aliphatic carbocycles. The molecule has 0 amide bonds. The third-order valence-corrected chi connectivity index (χ3v) is 4.06. The van der Waals surface area contributed by atoms with Crippen molar-refractivity contribution in [1.29, 1.82) is 0 Å². The molecular formula is C19H24ClNO2. The van der Waals surface area contributed by atoms with Crippen molar-refractivity contribution in [1.82, 2.24) is 5.32 Å². The molecule has 124 valence electrons. The summed E-state index contributed by atoms with van der Waals surface area (Å²) in [5.41, 5.74) is 2.17. The largest absolute Gasteiger partial charge is 0.493 e. The number of hydrogen-bond donors (Lipinski definition) is 1. The van der Waals surface area contributed by atoms with E-state index in [0.717, 1.165) is 24.1 Å². The molecule has 0 saturated heterocycles. The Hall–Kier alpha value is -1.71. The number of methoxy groups -OCH3 is 1. The summed E-state index contributed by atoms with van der Waals surface area (Å²) in [7, 11) is 1.63. The van der Waals surface area contributed by atoms with E-state index in [2.05, 4.69) is 19.2 Å². The highest BCUT2D eigenvalue weighted by Gasteiger charge is 2.12. The first-order valence-electron chi connectivity index (χ1n) is 7.90. The van der Waals surface area contributed by atoms with Crippen LogP contribution in [0.2, 0.25) is 5.02 Å². The molecule has 1 N–H and O–H groups in total. The zero-order valence-electron chi connectivity index (χ0n) is 13.9. The number of benzene rings is 2. The van der Waals surface area contributed by atoms with E-state index < -0.39 is 0 Å². The average molecular weight is 334 g/mol. The van der Waals surface area contributed by atoms with Gasteiger partial charge in [0, 0.05) is 12.6 Å². The third-order valence-electron chi connectivity index (χ3n) is 3.78. The Labute approximate surface area is 143 Å². The predicted molar refractivity (Wildman–Crippen MR) is 95.4 cm³/mol. The lowest BCUT2D eigenvalue weighted by Gasteiger charge is -2.16. The average Bonchev–Trinajstić information content (AvgIpc) is 2.59. The molecule has 0 radical (unpaired) electrons. The number of hydrogen-bond acceptors (Lipinski definition) is 3. The van der Waals surface area contributed by atoms with Crippen LogP contribution in [0.4, 0.5) is 0 Å². The summed E-state index contributed by atoms with van der Waals surface area (Å²) in [5.74, 6) is 1.25. The van der Waals surface area contributed by atoms with Crippen LogP contribution in [0.1, 0.15) is 31.4 Å². The van der Waals surface area contributed by atoms with Crippen LogP contribution >= 0.6 is 11.6 Å². The van der Waals surface area contributed by atoms with E-state index in [4.69, 9.17) is 21.1 Å². The van der Waals surface area contributed by atoms with E-state index in [1.165, 1.54) is 0 Å². The summed E-state index contributed by atoms with van der Waals surface area (Å²) in [6.07, 6.45) is 1.09. The van der Waals surface area contributed by atoms with Gasteiger partial charge in [-0.05, 0) is 36.6 Å². The van der Waals surface area contributed by atoms with E-state index in [-0.39, 0.29) is 0 Å². The fraction of sp³-hybridized carbons (Fsp3) is 0.368. The van der Waals surface area contributed by atoms with Crippen molar-refractivity contribution in [3.05, 3.63) is 58.6 Å². The molecule has 4 heteroatoms. The SMILES string of the molecule is CCC(C)NCc1cc(Cl)c(OCc2ccccc2)c(OC)c1. The minimum atomic E-state index is 0.460. The number of rotatable bonds is 8. The topological polar surface area (TPSA) is 30.5 Å². The van der Waals surface area contributed by atoms with Crippen molar-refractivity contribution < 1.29 is 9.47 Å². The van der Waals surface area contributed by atoms with Crippen LogP contribution in [0.15, 0.2) is 42.5 Å². The van der Waals surface area contributed by atoms with Crippen molar-refractivity contribution in [2.24, 2.45) is 0 Å². The molecule has 0 fully saturated rings. The molecule has 0 bridgehead atoms. The molecule has 0 aliphatic heterocycles. The third kappa shape index (κ3) is 5.15. The van der Waals surface area contributed by atoms with Gasteiger partial charge in [-0.15, -0.1) is 0 Å². The summed E-state index contributed by atoms with van der Waals surface area (Å²) >= 11 is 6.40. The second kappa shape index (κ2) is 8.80. The van der Waals surface area contributed by atoms with Gasteiger partial charge in [-0.1, -0.05) is 48.9 Å². The van der Waals surface area contributed by atoms with E-state index in [1.54, 1.807) is 7.11 Å². The quantitative estimate of drug-likeness (QED) is 0.751. The molecule has 2 aromatic rings. The minimum Gasteiger partial charge on any atom is -0.493 e. The van der Waals surface area contributed by atoms with Crippen molar-refractivity contribution in [3.63, 3.8) is 0 Å². The lowest BCUT2D eigenvalue weighted by molar-refractivity contribution is 0.284. The van der Waals surface area contributed by atoms with Crippen molar-refractivity contribution >= 4 is 11.6 Å². The molecule has 3 nitrogen and oxygen atoms in total. The summed E-state index contributed by atoms with van der Waals surface area (Å²) in [5, 5.41) is 4.02. The maximum atomic E-state index is 6.40. The van der Waals surface area contributed by atoms with Crippen LogP contribution in [0, 0.1) is 0 Å². The molecule has 0 aromatic heterocycles. The van der Waals surface area contributed by atoms with Gasteiger partial charge in [-0.25, -0.2) is 0 Å².